The molecule has 0 aliphatic carbocycles. The molecule has 0 aromatic carbocycles. The zero-order chi connectivity index (χ0) is 11.1. The van der Waals surface area contributed by atoms with Crippen LogP contribution in [0.15, 0.2) is 12.1 Å². The predicted molar refractivity (Wildman–Crippen MR) is 58.9 cm³/mol. The number of rotatable bonds is 1. The summed E-state index contributed by atoms with van der Waals surface area (Å²) in [5.41, 5.74) is 1.94. The van der Waals surface area contributed by atoms with Crippen molar-refractivity contribution >= 4 is 5.65 Å². The molecule has 4 heteroatoms. The Balaban J connectivity index is 2.63. The van der Waals surface area contributed by atoms with Gasteiger partial charge in [-0.2, -0.15) is 9.61 Å². The lowest BCUT2D eigenvalue weighted by molar-refractivity contribution is 0.551. The number of hydrogen-bond acceptors (Lipinski definition) is 3. The molecule has 0 atom stereocenters. The van der Waals surface area contributed by atoms with Crippen molar-refractivity contribution in [1.29, 1.82) is 0 Å². The lowest BCUT2D eigenvalue weighted by Gasteiger charge is -2.17. The molecule has 0 N–H and O–H groups in total. The Hall–Kier alpha value is -1.45. The second-order valence-corrected chi connectivity index (χ2v) is 4.71. The lowest BCUT2D eigenvalue weighted by Crippen LogP contribution is -2.15. The number of aryl methyl sites for hydroxylation is 1. The molecule has 0 aliphatic rings. The van der Waals surface area contributed by atoms with Crippen LogP contribution in [0.4, 0.5) is 0 Å². The molecule has 0 fully saturated rings. The number of fused-ring (bicyclic) bond motifs is 1. The summed E-state index contributed by atoms with van der Waals surface area (Å²) in [4.78, 5) is 0. The van der Waals surface area contributed by atoms with E-state index in [4.69, 9.17) is 0 Å². The van der Waals surface area contributed by atoms with Crippen molar-refractivity contribution < 1.29 is 0 Å². The van der Waals surface area contributed by atoms with Crippen molar-refractivity contribution in [2.45, 2.75) is 39.5 Å². The molecule has 0 saturated heterocycles. The maximum atomic E-state index is 4.57. The average Bonchev–Trinajstić information content (AvgIpc) is 2.57. The van der Waals surface area contributed by atoms with E-state index in [2.05, 4.69) is 43.0 Å². The predicted octanol–water partition coefficient (Wildman–Crippen LogP) is 1.98. The van der Waals surface area contributed by atoms with Crippen LogP contribution in [0, 0.1) is 0 Å². The first-order chi connectivity index (χ1) is 7.02. The van der Waals surface area contributed by atoms with Gasteiger partial charge in [0.2, 0.25) is 0 Å². The molecule has 15 heavy (non-hydrogen) atoms. The fourth-order valence-corrected chi connectivity index (χ4v) is 1.45. The van der Waals surface area contributed by atoms with E-state index in [1.807, 2.05) is 16.6 Å². The third kappa shape index (κ3) is 1.71. The van der Waals surface area contributed by atoms with Crippen molar-refractivity contribution in [3.05, 3.63) is 23.7 Å². The first kappa shape index (κ1) is 10.1. The van der Waals surface area contributed by atoms with E-state index in [0.717, 1.165) is 23.6 Å². The molecule has 2 rings (SSSR count). The average molecular weight is 204 g/mol. The smallest absolute Gasteiger partial charge is 0.177 e. The fraction of sp³-hybridized carbons (Fsp3) is 0.545. The Bertz CT molecular complexity index is 479. The summed E-state index contributed by atoms with van der Waals surface area (Å²) in [6, 6.07) is 3.99. The molecular formula is C11H16N4. The van der Waals surface area contributed by atoms with Gasteiger partial charge >= 0.3 is 0 Å². The Kier molecular flexibility index (Phi) is 2.21. The van der Waals surface area contributed by atoms with Crippen LogP contribution in [-0.2, 0) is 11.8 Å². The van der Waals surface area contributed by atoms with Crippen LogP contribution < -0.4 is 0 Å². The van der Waals surface area contributed by atoms with Crippen molar-refractivity contribution in [2.75, 3.05) is 0 Å². The number of aromatic nitrogens is 4. The molecule has 0 spiro atoms. The van der Waals surface area contributed by atoms with Crippen molar-refractivity contribution in [2.24, 2.45) is 0 Å². The Morgan fingerprint density at radius 2 is 1.93 bits per heavy atom. The van der Waals surface area contributed by atoms with Crippen molar-refractivity contribution in [1.82, 2.24) is 19.8 Å². The summed E-state index contributed by atoms with van der Waals surface area (Å²) in [6.45, 7) is 8.51. The van der Waals surface area contributed by atoms with Gasteiger partial charge in [0.25, 0.3) is 0 Å². The summed E-state index contributed by atoms with van der Waals surface area (Å²) < 4.78 is 1.83. The molecule has 2 aromatic rings. The maximum Gasteiger partial charge on any atom is 0.177 e. The Labute approximate surface area is 89.3 Å². The van der Waals surface area contributed by atoms with Gasteiger partial charge in [0.1, 0.15) is 0 Å². The molecule has 80 valence electrons. The largest absolute Gasteiger partial charge is 0.197 e. The highest BCUT2D eigenvalue weighted by Gasteiger charge is 2.17. The fourth-order valence-electron chi connectivity index (χ4n) is 1.45. The van der Waals surface area contributed by atoms with Gasteiger partial charge in [0.15, 0.2) is 11.5 Å². The highest BCUT2D eigenvalue weighted by atomic mass is 15.4. The summed E-state index contributed by atoms with van der Waals surface area (Å²) in [5, 5.41) is 12.7. The second kappa shape index (κ2) is 3.29. The maximum absolute atomic E-state index is 4.57. The molecule has 0 aliphatic heterocycles. The second-order valence-electron chi connectivity index (χ2n) is 4.71. The van der Waals surface area contributed by atoms with Crippen molar-refractivity contribution in [3.63, 3.8) is 0 Å². The van der Waals surface area contributed by atoms with Gasteiger partial charge < -0.3 is 0 Å². The molecule has 0 bridgehead atoms. The van der Waals surface area contributed by atoms with E-state index in [9.17, 15) is 0 Å². The van der Waals surface area contributed by atoms with Gasteiger partial charge in [0.05, 0.1) is 5.69 Å². The Morgan fingerprint density at radius 3 is 2.53 bits per heavy atom. The molecular weight excluding hydrogens is 188 g/mol. The van der Waals surface area contributed by atoms with Crippen LogP contribution in [0.1, 0.15) is 39.2 Å². The van der Waals surface area contributed by atoms with Crippen LogP contribution in [0.2, 0.25) is 0 Å². The van der Waals surface area contributed by atoms with E-state index in [1.165, 1.54) is 0 Å². The van der Waals surface area contributed by atoms with Crippen molar-refractivity contribution in [3.8, 4) is 0 Å². The zero-order valence-electron chi connectivity index (χ0n) is 9.65. The monoisotopic (exact) mass is 204 g/mol. The van der Waals surface area contributed by atoms with Crippen LogP contribution in [-0.4, -0.2) is 19.8 Å². The third-order valence-electron chi connectivity index (χ3n) is 2.41. The van der Waals surface area contributed by atoms with Gasteiger partial charge in [-0.3, -0.25) is 0 Å². The van der Waals surface area contributed by atoms with Crippen LogP contribution in [0.25, 0.3) is 5.65 Å². The van der Waals surface area contributed by atoms with E-state index < -0.39 is 0 Å². The first-order valence-electron chi connectivity index (χ1n) is 5.24. The number of nitrogens with zero attached hydrogens (tertiary/aromatic N) is 4. The molecule has 0 unspecified atom stereocenters. The minimum atomic E-state index is 0.0590. The molecule has 0 saturated carbocycles. The lowest BCUT2D eigenvalue weighted by atomic mass is 9.92. The molecule has 2 heterocycles. The SMILES string of the molecule is CCc1nnc2ccc(C(C)(C)C)nn12. The molecule has 0 amide bonds. The topological polar surface area (TPSA) is 43.1 Å². The highest BCUT2D eigenvalue weighted by Crippen LogP contribution is 2.19. The number of hydrogen-bond donors (Lipinski definition) is 0. The minimum absolute atomic E-state index is 0.0590. The highest BCUT2D eigenvalue weighted by molar-refractivity contribution is 5.37. The van der Waals surface area contributed by atoms with Gasteiger partial charge in [0, 0.05) is 11.8 Å². The van der Waals surface area contributed by atoms with Gasteiger partial charge in [-0.1, -0.05) is 27.7 Å². The van der Waals surface area contributed by atoms with E-state index in [1.54, 1.807) is 0 Å². The van der Waals surface area contributed by atoms with E-state index in [0.29, 0.717) is 0 Å². The van der Waals surface area contributed by atoms with Gasteiger partial charge in [-0.05, 0) is 12.1 Å². The zero-order valence-corrected chi connectivity index (χ0v) is 9.65. The quantitative estimate of drug-likeness (QED) is 0.713. The summed E-state index contributed by atoms with van der Waals surface area (Å²) >= 11 is 0. The summed E-state index contributed by atoms with van der Waals surface area (Å²) in [7, 11) is 0. The Morgan fingerprint density at radius 1 is 1.20 bits per heavy atom. The van der Waals surface area contributed by atoms with Crippen LogP contribution in [0.5, 0.6) is 0 Å². The first-order valence-corrected chi connectivity index (χ1v) is 5.24. The minimum Gasteiger partial charge on any atom is -0.197 e. The molecule has 4 nitrogen and oxygen atoms in total. The third-order valence-corrected chi connectivity index (χ3v) is 2.41. The standard InChI is InChI=1S/C11H16N4/c1-5-9-12-13-10-7-6-8(11(2,3)4)14-15(9)10/h6-7H,5H2,1-4H3. The van der Waals surface area contributed by atoms with Gasteiger partial charge in [-0.15, -0.1) is 10.2 Å². The normalized spacial score (nSPS) is 12.3. The summed E-state index contributed by atoms with van der Waals surface area (Å²) in [5.74, 6) is 0.913. The van der Waals surface area contributed by atoms with Gasteiger partial charge in [-0.25, -0.2) is 0 Å². The molecule has 0 radical (unpaired) electrons. The summed E-state index contributed by atoms with van der Waals surface area (Å²) in [6.07, 6.45) is 0.849. The van der Waals surface area contributed by atoms with E-state index >= 15 is 0 Å². The van der Waals surface area contributed by atoms with E-state index in [-0.39, 0.29) is 5.41 Å². The van der Waals surface area contributed by atoms with Crippen LogP contribution in [0.3, 0.4) is 0 Å². The van der Waals surface area contributed by atoms with Crippen LogP contribution >= 0.6 is 0 Å². The molecule has 2 aromatic heterocycles.